The summed E-state index contributed by atoms with van der Waals surface area (Å²) >= 11 is 0. The van der Waals surface area contributed by atoms with Crippen LogP contribution < -0.4 is 15.4 Å². The molecule has 3 amide bonds. The van der Waals surface area contributed by atoms with E-state index in [2.05, 4.69) is 10.6 Å². The molecular formula is C73H99N3O19. The first-order valence-corrected chi connectivity index (χ1v) is 33.6. The molecule has 7 rings (SSSR count). The fourth-order valence-electron chi connectivity index (χ4n) is 13.3. The van der Waals surface area contributed by atoms with Crippen LogP contribution in [0.5, 0.6) is 5.75 Å². The van der Waals surface area contributed by atoms with E-state index in [1.807, 2.05) is 51.1 Å². The second-order valence-electron chi connectivity index (χ2n) is 27.1. The van der Waals surface area contributed by atoms with Crippen LogP contribution in [0.4, 0.5) is 4.79 Å². The number of carbonyl (C=O) groups is 10. The summed E-state index contributed by atoms with van der Waals surface area (Å²) in [6, 6.07) is 7.49. The molecule has 14 atom stereocenters. The lowest BCUT2D eigenvalue weighted by atomic mass is 9.75. The molecule has 22 nitrogen and oxygen atoms in total. The number of ether oxygens (including phenoxy) is 8. The Balaban J connectivity index is 0.937. The Morgan fingerprint density at radius 1 is 0.874 bits per heavy atom. The summed E-state index contributed by atoms with van der Waals surface area (Å²) in [6.07, 6.45) is 10.5. The number of hydrogen-bond acceptors (Lipinski definition) is 19. The summed E-state index contributed by atoms with van der Waals surface area (Å²) in [5.74, 6) is -7.33. The number of benzene rings is 2. The van der Waals surface area contributed by atoms with Crippen LogP contribution >= 0.6 is 0 Å². The molecule has 9 unspecified atom stereocenters. The van der Waals surface area contributed by atoms with Crippen molar-refractivity contribution in [2.75, 3.05) is 34.4 Å². The maximum absolute atomic E-state index is 14.6. The minimum atomic E-state index is -1.92. The molecule has 2 heterocycles. The number of carbonyl (C=O) groups excluding carboxylic acids is 10. The van der Waals surface area contributed by atoms with Crippen LogP contribution in [-0.4, -0.2) is 151 Å². The lowest BCUT2D eigenvalue weighted by Crippen LogP contribution is -2.67. The van der Waals surface area contributed by atoms with Gasteiger partial charge in [-0.05, 0) is 138 Å². The van der Waals surface area contributed by atoms with Crippen molar-refractivity contribution in [1.82, 2.24) is 15.5 Å². The number of Topliss-reactive ketones (excluding diaryl/α,β-unsaturated/α-hetero) is 3. The van der Waals surface area contributed by atoms with Crippen molar-refractivity contribution in [3.05, 3.63) is 99.7 Å². The summed E-state index contributed by atoms with van der Waals surface area (Å²) in [5.41, 5.74) is -0.310. The SMILES string of the molecule is CCC1CC(=O)C(CCNC(=O)c2cc(COC(=O)C(C)CCC(C)C(=O)OCCC(=O)N(C)[C@@H](C)C(=O)O[C@H]3CC(=O)C(C)c4cc(cc(OC)c4C)C/C(C)=C/C=C/C(OC)C4(O)CC(C)(OC(=O)N4)[C@@H](C)[C@@H]4O[C@@]34C)ccc2CC(=O)OC2/C=C/CCCCC2)C1=O. The van der Waals surface area contributed by atoms with Crippen molar-refractivity contribution < 1.29 is 90.9 Å². The van der Waals surface area contributed by atoms with E-state index < -0.39 is 113 Å². The Morgan fingerprint density at radius 2 is 1.59 bits per heavy atom. The Morgan fingerprint density at radius 3 is 2.27 bits per heavy atom. The Hall–Kier alpha value is -7.56. The number of alkyl carbamates (subject to hydrolysis) is 1. The van der Waals surface area contributed by atoms with E-state index in [4.69, 9.17) is 37.9 Å². The van der Waals surface area contributed by atoms with Crippen molar-refractivity contribution in [1.29, 1.82) is 0 Å². The first-order valence-electron chi connectivity index (χ1n) is 33.6. The zero-order valence-electron chi connectivity index (χ0n) is 57.6. The van der Waals surface area contributed by atoms with Gasteiger partial charge in [0.1, 0.15) is 71.9 Å². The van der Waals surface area contributed by atoms with Crippen molar-refractivity contribution in [2.45, 2.75) is 225 Å². The highest BCUT2D eigenvalue weighted by Gasteiger charge is 2.67. The molecule has 4 bridgehead atoms. The van der Waals surface area contributed by atoms with Gasteiger partial charge in [-0.2, -0.15) is 0 Å². The summed E-state index contributed by atoms with van der Waals surface area (Å²) < 4.78 is 47.1. The van der Waals surface area contributed by atoms with Gasteiger partial charge in [0, 0.05) is 63.3 Å². The summed E-state index contributed by atoms with van der Waals surface area (Å²) in [4.78, 5) is 136. The molecule has 5 aliphatic rings. The van der Waals surface area contributed by atoms with Gasteiger partial charge in [-0.15, -0.1) is 0 Å². The average molecular weight is 1320 g/mol. The van der Waals surface area contributed by atoms with Crippen LogP contribution in [0.15, 0.2) is 66.3 Å². The highest BCUT2D eigenvalue weighted by Crippen LogP contribution is 2.52. The molecule has 2 saturated heterocycles. The molecule has 1 saturated carbocycles. The van der Waals surface area contributed by atoms with Gasteiger partial charge in [0.2, 0.25) is 5.91 Å². The normalized spacial score (nSPS) is 29.2. The third kappa shape index (κ3) is 18.9. The van der Waals surface area contributed by atoms with E-state index in [0.29, 0.717) is 36.1 Å². The lowest BCUT2D eigenvalue weighted by Gasteiger charge is -2.47. The fraction of sp³-hybridized carbons (Fsp3) is 0.616. The van der Waals surface area contributed by atoms with Crippen LogP contribution in [0.25, 0.3) is 0 Å². The number of esters is 4. The molecule has 3 fully saturated rings. The standard InChI is InChI=1S/C73H99N3O19/c1-14-51-37-58(78)54(64(51)81)29-31-74-66(82)56-34-49(27-28-52(56)38-63(80)92-53-22-18-16-15-17-19-23-53)40-91-68(84)44(4)26-25-43(3)67(83)90-32-30-62(79)76(11)48(8)69(85)93-61-39-57(77)45(5)55-35-50(36-59(88-12)46(55)6)33-42(2)21-20-24-60(89-13)73(87)41-71(9,95-70(86)75-73)47(7)65-72(61,10)94-65/h18,20-22,24,27-28,34-36,43-45,47-48,51,53-54,60-61,65,87H,14-17,19,23,25-26,29-33,37-41H2,1-13H3,(H,74,82)(H,75,86)/b22-18+,24-20+,42-21+/t43?,44?,45?,47-,48-,51?,53?,54?,60?,61-,65-,71?,72-,73?/m0/s1. The van der Waals surface area contributed by atoms with Crippen molar-refractivity contribution in [3.63, 3.8) is 0 Å². The molecule has 0 aromatic heterocycles. The maximum atomic E-state index is 14.6. The fourth-order valence-corrected chi connectivity index (χ4v) is 13.3. The van der Waals surface area contributed by atoms with Crippen LogP contribution in [0.3, 0.4) is 0 Å². The molecule has 520 valence electrons. The van der Waals surface area contributed by atoms with E-state index in [9.17, 15) is 53.1 Å². The number of ketones is 3. The number of aliphatic hydroxyl groups is 1. The first kappa shape index (κ1) is 74.8. The number of fused-ring (bicyclic) bond motifs is 5. The monoisotopic (exact) mass is 1320 g/mol. The van der Waals surface area contributed by atoms with Gasteiger partial charge in [0.05, 0.1) is 43.8 Å². The number of rotatable bonds is 23. The largest absolute Gasteiger partial charge is 0.496 e. The molecule has 3 aliphatic carbocycles. The third-order valence-corrected chi connectivity index (χ3v) is 20.0. The Labute approximate surface area is 558 Å². The number of methoxy groups -OCH3 is 2. The van der Waals surface area contributed by atoms with Crippen LogP contribution in [-0.2, 0) is 91.0 Å². The summed E-state index contributed by atoms with van der Waals surface area (Å²) in [6.45, 7) is 16.9. The highest BCUT2D eigenvalue weighted by atomic mass is 16.7. The number of amides is 3. The van der Waals surface area contributed by atoms with E-state index in [1.54, 1.807) is 79.0 Å². The summed E-state index contributed by atoms with van der Waals surface area (Å²) in [7, 11) is 4.39. The molecule has 0 spiro atoms. The number of nitrogens with one attached hydrogen (secondary N) is 2. The first-order chi connectivity index (χ1) is 44.9. The van der Waals surface area contributed by atoms with Gasteiger partial charge in [-0.25, -0.2) is 9.59 Å². The molecule has 95 heavy (non-hydrogen) atoms. The average Bonchev–Trinajstić information content (AvgIpc) is 1.57. The number of epoxide rings is 1. The van der Waals surface area contributed by atoms with Gasteiger partial charge in [-0.1, -0.05) is 89.1 Å². The van der Waals surface area contributed by atoms with E-state index in [1.165, 1.54) is 21.1 Å². The quantitative estimate of drug-likeness (QED) is 0.0307. The van der Waals surface area contributed by atoms with Crippen molar-refractivity contribution in [2.24, 2.45) is 29.6 Å². The Kier molecular flexibility index (Phi) is 25.9. The van der Waals surface area contributed by atoms with Crippen molar-refractivity contribution >= 4 is 59.1 Å². The maximum Gasteiger partial charge on any atom is 0.410 e. The van der Waals surface area contributed by atoms with Gasteiger partial charge in [0.25, 0.3) is 5.91 Å². The Bertz CT molecular complexity index is 3280. The van der Waals surface area contributed by atoms with Crippen LogP contribution in [0, 0.1) is 36.5 Å². The second-order valence-corrected chi connectivity index (χ2v) is 27.1. The zero-order valence-corrected chi connectivity index (χ0v) is 57.6. The molecule has 2 aliphatic heterocycles. The van der Waals surface area contributed by atoms with Gasteiger partial charge < -0.3 is 53.2 Å². The van der Waals surface area contributed by atoms with E-state index >= 15 is 0 Å². The lowest BCUT2D eigenvalue weighted by molar-refractivity contribution is -0.174. The number of allylic oxidation sites excluding steroid dienone is 4. The molecule has 2 aromatic rings. The minimum absolute atomic E-state index is 0.0498. The zero-order chi connectivity index (χ0) is 69.7. The minimum Gasteiger partial charge on any atom is -0.496 e. The topological polar surface area (TPSA) is 295 Å². The van der Waals surface area contributed by atoms with Gasteiger partial charge >= 0.3 is 30.0 Å². The van der Waals surface area contributed by atoms with Crippen LogP contribution in [0.1, 0.15) is 190 Å². The summed E-state index contributed by atoms with van der Waals surface area (Å²) in [5, 5.41) is 17.5. The molecule has 3 N–H and O–H groups in total. The number of nitrogens with zero attached hydrogens (tertiary/aromatic N) is 1. The van der Waals surface area contributed by atoms with E-state index in [-0.39, 0.29) is 106 Å². The number of likely N-dealkylation sites (N-methyl/N-ethyl adjacent to an activating group) is 1. The van der Waals surface area contributed by atoms with Crippen LogP contribution in [0.2, 0.25) is 0 Å². The molecular weight excluding hydrogens is 1220 g/mol. The molecule has 22 heteroatoms. The molecule has 0 radical (unpaired) electrons. The third-order valence-electron chi connectivity index (χ3n) is 20.0. The van der Waals surface area contributed by atoms with Crippen molar-refractivity contribution in [3.8, 4) is 5.75 Å². The van der Waals surface area contributed by atoms with E-state index in [0.717, 1.165) is 52.8 Å². The van der Waals surface area contributed by atoms with Gasteiger partial charge in [0.15, 0.2) is 5.72 Å². The smallest absolute Gasteiger partial charge is 0.410 e. The predicted octanol–water partition coefficient (Wildman–Crippen LogP) is 9.28. The predicted molar refractivity (Wildman–Crippen MR) is 349 cm³/mol. The highest BCUT2D eigenvalue weighted by molar-refractivity contribution is 6.10. The second kappa shape index (κ2) is 32.9. The molecule has 2 aromatic carbocycles. The van der Waals surface area contributed by atoms with Gasteiger partial charge in [-0.3, -0.25) is 43.7 Å². The number of hydrogen-bond donors (Lipinski definition) is 3.